The van der Waals surface area contributed by atoms with Crippen molar-refractivity contribution in [2.75, 3.05) is 0 Å². The van der Waals surface area contributed by atoms with Crippen LogP contribution in [0.15, 0.2) is 68.4 Å². The average molecular weight is 401 g/mol. The molecule has 0 aliphatic carbocycles. The van der Waals surface area contributed by atoms with Gasteiger partial charge in [-0.05, 0) is 66.9 Å². The fourth-order valence-electron chi connectivity index (χ4n) is 4.01. The summed E-state index contributed by atoms with van der Waals surface area (Å²) >= 11 is 0. The molecule has 150 valence electrons. The Bertz CT molecular complexity index is 1330. The van der Waals surface area contributed by atoms with Crippen molar-refractivity contribution in [2.24, 2.45) is 0 Å². The highest BCUT2D eigenvalue weighted by Crippen LogP contribution is 2.39. The van der Waals surface area contributed by atoms with E-state index in [-0.39, 0.29) is 29.4 Å². The molecule has 1 N–H and O–H groups in total. The van der Waals surface area contributed by atoms with Crippen LogP contribution in [0.1, 0.15) is 44.6 Å². The molecular weight excluding hydrogens is 382 g/mol. The second kappa shape index (κ2) is 6.62. The fourth-order valence-corrected chi connectivity index (χ4v) is 4.01. The van der Waals surface area contributed by atoms with Gasteiger partial charge in [0.05, 0.1) is 29.8 Å². The number of nitrogens with zero attached hydrogens (tertiary/aromatic N) is 1. The lowest BCUT2D eigenvalue weighted by atomic mass is 9.97. The van der Waals surface area contributed by atoms with E-state index in [4.69, 9.17) is 8.83 Å². The number of hydrogen-bond acceptors (Lipinski definition) is 5. The van der Waals surface area contributed by atoms with Gasteiger partial charge in [-0.3, -0.25) is 9.59 Å². The summed E-state index contributed by atoms with van der Waals surface area (Å²) in [7, 11) is 0. The van der Waals surface area contributed by atoms with E-state index < -0.39 is 6.04 Å². The maximum Gasteiger partial charge on any atom is 0.291 e. The summed E-state index contributed by atoms with van der Waals surface area (Å²) in [6.07, 6.45) is 1.54. The van der Waals surface area contributed by atoms with Gasteiger partial charge in [0.1, 0.15) is 17.1 Å². The molecule has 1 aliphatic rings. The number of fused-ring (bicyclic) bond motifs is 2. The summed E-state index contributed by atoms with van der Waals surface area (Å²) in [5, 5.41) is 10.1. The lowest BCUT2D eigenvalue weighted by Crippen LogP contribution is -2.29. The van der Waals surface area contributed by atoms with Crippen molar-refractivity contribution in [3.8, 4) is 5.75 Å². The third-order valence-electron chi connectivity index (χ3n) is 5.70. The fraction of sp³-hybridized carbons (Fsp3) is 0.167. The van der Waals surface area contributed by atoms with Crippen LogP contribution < -0.4 is 5.43 Å². The maximum atomic E-state index is 13.5. The molecule has 5 rings (SSSR count). The third kappa shape index (κ3) is 2.72. The highest BCUT2D eigenvalue weighted by Gasteiger charge is 2.43. The van der Waals surface area contributed by atoms with Gasteiger partial charge in [0.2, 0.25) is 5.76 Å². The summed E-state index contributed by atoms with van der Waals surface area (Å²) in [4.78, 5) is 28.4. The quantitative estimate of drug-likeness (QED) is 0.548. The number of carbonyl (C=O) groups excluding carboxylic acids is 1. The van der Waals surface area contributed by atoms with Gasteiger partial charge in [-0.1, -0.05) is 12.1 Å². The Balaban J connectivity index is 1.76. The molecule has 2 aromatic heterocycles. The first-order chi connectivity index (χ1) is 14.4. The summed E-state index contributed by atoms with van der Waals surface area (Å²) in [5.41, 5.74) is 3.17. The Kier molecular flexibility index (Phi) is 4.03. The molecule has 6 nitrogen and oxygen atoms in total. The molecule has 0 saturated heterocycles. The predicted molar refractivity (Wildman–Crippen MR) is 110 cm³/mol. The molecule has 4 aromatic rings. The van der Waals surface area contributed by atoms with Gasteiger partial charge in [0, 0.05) is 0 Å². The summed E-state index contributed by atoms with van der Waals surface area (Å²) < 4.78 is 11.4. The molecule has 30 heavy (non-hydrogen) atoms. The van der Waals surface area contributed by atoms with Gasteiger partial charge >= 0.3 is 0 Å². The molecule has 1 amide bonds. The number of furan rings is 1. The van der Waals surface area contributed by atoms with Crippen LogP contribution in [-0.2, 0) is 6.54 Å². The van der Waals surface area contributed by atoms with Gasteiger partial charge in [-0.2, -0.15) is 0 Å². The minimum Gasteiger partial charge on any atom is -0.508 e. The number of aryl methyl sites for hydroxylation is 2. The van der Waals surface area contributed by atoms with Crippen molar-refractivity contribution in [2.45, 2.75) is 26.4 Å². The van der Waals surface area contributed by atoms with Gasteiger partial charge in [0.15, 0.2) is 5.43 Å². The Hall–Kier alpha value is -3.80. The Morgan fingerprint density at radius 1 is 1.03 bits per heavy atom. The largest absolute Gasteiger partial charge is 0.508 e. The van der Waals surface area contributed by atoms with Crippen LogP contribution in [-0.4, -0.2) is 15.9 Å². The van der Waals surface area contributed by atoms with E-state index in [0.29, 0.717) is 27.9 Å². The van der Waals surface area contributed by atoms with Gasteiger partial charge in [-0.25, -0.2) is 0 Å². The van der Waals surface area contributed by atoms with Crippen LogP contribution in [0.5, 0.6) is 5.75 Å². The molecule has 1 aliphatic heterocycles. The van der Waals surface area contributed by atoms with Gasteiger partial charge in [0.25, 0.3) is 5.91 Å². The van der Waals surface area contributed by atoms with Crippen LogP contribution in [0.25, 0.3) is 11.0 Å². The zero-order valence-corrected chi connectivity index (χ0v) is 16.5. The molecular formula is C24H19NO5. The standard InChI is InChI=1S/C24H19NO5/c1-13-10-18-19(11-14(13)2)30-23-20(22(18)27)21(15-5-7-16(26)8-6-15)25(24(23)28)12-17-4-3-9-29-17/h3-11,21,26H,12H2,1-2H3/t21-/m0/s1. The molecule has 0 saturated carbocycles. The zero-order valence-electron chi connectivity index (χ0n) is 16.5. The number of phenolic OH excluding ortho intramolecular Hbond substituents is 1. The highest BCUT2D eigenvalue weighted by molar-refractivity contribution is 5.99. The second-order valence-corrected chi connectivity index (χ2v) is 7.61. The minimum absolute atomic E-state index is 0.0559. The van der Waals surface area contributed by atoms with Crippen molar-refractivity contribution in [3.05, 3.63) is 98.8 Å². The van der Waals surface area contributed by atoms with Crippen LogP contribution in [0, 0.1) is 13.8 Å². The molecule has 1 atom stereocenters. The number of phenols is 1. The normalized spacial score (nSPS) is 15.7. The van der Waals surface area contributed by atoms with Crippen LogP contribution >= 0.6 is 0 Å². The van der Waals surface area contributed by atoms with Crippen molar-refractivity contribution in [1.29, 1.82) is 0 Å². The van der Waals surface area contributed by atoms with E-state index in [9.17, 15) is 14.7 Å². The molecule has 3 heterocycles. The minimum atomic E-state index is -0.638. The van der Waals surface area contributed by atoms with E-state index in [0.717, 1.165) is 11.1 Å². The van der Waals surface area contributed by atoms with Gasteiger partial charge < -0.3 is 18.8 Å². The first-order valence-corrected chi connectivity index (χ1v) is 9.64. The average Bonchev–Trinajstić information content (AvgIpc) is 3.33. The van der Waals surface area contributed by atoms with Crippen LogP contribution in [0.2, 0.25) is 0 Å². The van der Waals surface area contributed by atoms with Crippen molar-refractivity contribution in [3.63, 3.8) is 0 Å². The van der Waals surface area contributed by atoms with E-state index in [1.165, 1.54) is 0 Å². The van der Waals surface area contributed by atoms with Crippen molar-refractivity contribution >= 4 is 16.9 Å². The zero-order chi connectivity index (χ0) is 21.0. The SMILES string of the molecule is Cc1cc2oc3c(c(=O)c2cc1C)[C@H](c1ccc(O)cc1)N(Cc1ccco1)C3=O. The van der Waals surface area contributed by atoms with Crippen molar-refractivity contribution < 1.29 is 18.7 Å². The number of carbonyl (C=O) groups is 1. The molecule has 2 aromatic carbocycles. The molecule has 0 spiro atoms. The lowest BCUT2D eigenvalue weighted by Gasteiger charge is -2.24. The topological polar surface area (TPSA) is 83.9 Å². The Morgan fingerprint density at radius 3 is 2.47 bits per heavy atom. The van der Waals surface area contributed by atoms with Gasteiger partial charge in [-0.15, -0.1) is 0 Å². The molecule has 6 heteroatoms. The van der Waals surface area contributed by atoms with Crippen LogP contribution in [0.4, 0.5) is 0 Å². The number of benzene rings is 2. The van der Waals surface area contributed by atoms with Crippen molar-refractivity contribution in [1.82, 2.24) is 4.90 Å². The molecule has 0 radical (unpaired) electrons. The number of aromatic hydroxyl groups is 1. The molecule has 0 fully saturated rings. The first-order valence-electron chi connectivity index (χ1n) is 9.64. The number of amides is 1. The summed E-state index contributed by atoms with van der Waals surface area (Å²) in [6.45, 7) is 4.06. The molecule has 0 bridgehead atoms. The Labute approximate surface area is 172 Å². The van der Waals surface area contributed by atoms with Crippen LogP contribution in [0.3, 0.4) is 0 Å². The smallest absolute Gasteiger partial charge is 0.291 e. The Morgan fingerprint density at radius 2 is 1.77 bits per heavy atom. The predicted octanol–water partition coefficient (Wildman–Crippen LogP) is 4.45. The number of rotatable bonds is 3. The highest BCUT2D eigenvalue weighted by atomic mass is 16.4. The van der Waals surface area contributed by atoms with E-state index >= 15 is 0 Å². The first kappa shape index (κ1) is 18.2. The van der Waals surface area contributed by atoms with E-state index in [2.05, 4.69) is 0 Å². The third-order valence-corrected chi connectivity index (χ3v) is 5.70. The summed E-state index contributed by atoms with van der Waals surface area (Å²) in [5.74, 6) is 0.401. The number of hydrogen-bond donors (Lipinski definition) is 1. The lowest BCUT2D eigenvalue weighted by molar-refractivity contribution is 0.0701. The van der Waals surface area contributed by atoms with E-state index in [1.807, 2.05) is 19.9 Å². The summed E-state index contributed by atoms with van der Waals surface area (Å²) in [6, 6.07) is 13.0. The van der Waals surface area contributed by atoms with E-state index in [1.54, 1.807) is 53.6 Å². The second-order valence-electron chi connectivity index (χ2n) is 7.61. The maximum absolute atomic E-state index is 13.5. The monoisotopic (exact) mass is 401 g/mol. The molecule has 0 unspecified atom stereocenters.